The number of pyridine rings is 1. The summed E-state index contributed by atoms with van der Waals surface area (Å²) >= 11 is 0. The first kappa shape index (κ1) is 9.25. The van der Waals surface area contributed by atoms with Gasteiger partial charge in [-0.05, 0) is 18.1 Å². The van der Waals surface area contributed by atoms with E-state index in [-0.39, 0.29) is 0 Å². The monoisotopic (exact) mass is 188 g/mol. The number of imidazole rings is 1. The van der Waals surface area contributed by atoms with Crippen LogP contribution in [-0.4, -0.2) is 9.38 Å². The van der Waals surface area contributed by atoms with Crippen molar-refractivity contribution < 1.29 is 0 Å². The first-order valence-corrected chi connectivity index (χ1v) is 5.18. The largest absolute Gasteiger partial charge is 0.303 e. The minimum Gasteiger partial charge on any atom is -0.303 e. The molecule has 0 aliphatic rings. The van der Waals surface area contributed by atoms with Gasteiger partial charge in [-0.2, -0.15) is 0 Å². The zero-order chi connectivity index (χ0) is 10.1. The van der Waals surface area contributed by atoms with Gasteiger partial charge >= 0.3 is 0 Å². The molecular weight excluding hydrogens is 172 g/mol. The normalized spacial score (nSPS) is 11.4. The number of aryl methyl sites for hydroxylation is 1. The summed E-state index contributed by atoms with van der Waals surface area (Å²) in [7, 11) is 0. The average molecular weight is 188 g/mol. The molecule has 74 valence electrons. The molecule has 2 heterocycles. The van der Waals surface area contributed by atoms with Crippen molar-refractivity contribution in [3.63, 3.8) is 0 Å². The molecule has 0 radical (unpaired) electrons. The Balaban J connectivity index is 2.63. The maximum absolute atomic E-state index is 4.43. The Morgan fingerprint density at radius 1 is 1.36 bits per heavy atom. The summed E-state index contributed by atoms with van der Waals surface area (Å²) in [4.78, 5) is 4.43. The Bertz CT molecular complexity index is 441. The number of hydrogen-bond donors (Lipinski definition) is 0. The zero-order valence-corrected chi connectivity index (χ0v) is 8.99. The van der Waals surface area contributed by atoms with Crippen molar-refractivity contribution in [1.29, 1.82) is 0 Å². The summed E-state index contributed by atoms with van der Waals surface area (Å²) in [6.45, 7) is 6.52. The summed E-state index contributed by atoms with van der Waals surface area (Å²) in [5, 5.41) is 0. The van der Waals surface area contributed by atoms with Gasteiger partial charge in [0.05, 0.1) is 11.7 Å². The Labute approximate surface area is 84.6 Å². The minimum atomic E-state index is 0.476. The van der Waals surface area contributed by atoms with E-state index in [1.165, 1.54) is 11.1 Å². The number of aromatic nitrogens is 2. The van der Waals surface area contributed by atoms with Gasteiger partial charge < -0.3 is 4.40 Å². The second kappa shape index (κ2) is 3.45. The highest BCUT2D eigenvalue weighted by molar-refractivity contribution is 5.47. The summed E-state index contributed by atoms with van der Waals surface area (Å²) in [5.74, 6) is 1.62. The molecule has 2 rings (SSSR count). The minimum absolute atomic E-state index is 0.476. The molecule has 0 aliphatic carbocycles. The van der Waals surface area contributed by atoms with E-state index < -0.39 is 0 Å². The van der Waals surface area contributed by atoms with Crippen LogP contribution in [-0.2, 0) is 6.42 Å². The number of nitrogens with zero attached hydrogens (tertiary/aromatic N) is 2. The van der Waals surface area contributed by atoms with Gasteiger partial charge in [-0.25, -0.2) is 4.98 Å². The van der Waals surface area contributed by atoms with Crippen LogP contribution in [0.4, 0.5) is 0 Å². The molecule has 2 nitrogen and oxygen atoms in total. The highest BCUT2D eigenvalue weighted by Crippen LogP contribution is 2.16. The van der Waals surface area contributed by atoms with Crippen LogP contribution >= 0.6 is 0 Å². The van der Waals surface area contributed by atoms with E-state index in [0.29, 0.717) is 5.92 Å². The second-order valence-electron chi connectivity index (χ2n) is 3.96. The summed E-state index contributed by atoms with van der Waals surface area (Å²) in [5.41, 5.74) is 2.54. The fraction of sp³-hybridized carbons (Fsp3) is 0.417. The van der Waals surface area contributed by atoms with Crippen LogP contribution in [0.2, 0.25) is 0 Å². The lowest BCUT2D eigenvalue weighted by Crippen LogP contribution is -1.97. The first-order chi connectivity index (χ1) is 6.72. The summed E-state index contributed by atoms with van der Waals surface area (Å²) < 4.78 is 2.20. The molecule has 0 spiro atoms. The van der Waals surface area contributed by atoms with Crippen LogP contribution < -0.4 is 0 Å². The van der Waals surface area contributed by atoms with Gasteiger partial charge in [-0.15, -0.1) is 0 Å². The predicted octanol–water partition coefficient (Wildman–Crippen LogP) is 3.02. The highest BCUT2D eigenvalue weighted by Gasteiger charge is 2.06. The molecule has 0 amide bonds. The maximum atomic E-state index is 4.43. The Morgan fingerprint density at radius 3 is 2.79 bits per heavy atom. The van der Waals surface area contributed by atoms with Gasteiger partial charge in [-0.3, -0.25) is 0 Å². The van der Waals surface area contributed by atoms with Gasteiger partial charge in [0.1, 0.15) is 5.82 Å². The summed E-state index contributed by atoms with van der Waals surface area (Å²) in [6.07, 6.45) is 5.21. The smallest absolute Gasteiger partial charge is 0.115 e. The second-order valence-corrected chi connectivity index (χ2v) is 3.96. The van der Waals surface area contributed by atoms with E-state index in [4.69, 9.17) is 0 Å². The SMILES string of the molecule is CCc1ccc2cnc(C(C)C)n2c1. The van der Waals surface area contributed by atoms with Crippen molar-refractivity contribution in [2.45, 2.75) is 33.1 Å². The van der Waals surface area contributed by atoms with Gasteiger partial charge in [0.25, 0.3) is 0 Å². The molecule has 2 heteroatoms. The molecule has 0 unspecified atom stereocenters. The van der Waals surface area contributed by atoms with Crippen LogP contribution in [0, 0.1) is 0 Å². The Hall–Kier alpha value is -1.31. The van der Waals surface area contributed by atoms with Gasteiger partial charge in [0, 0.05) is 12.1 Å². The molecule has 14 heavy (non-hydrogen) atoms. The topological polar surface area (TPSA) is 17.3 Å². The molecule has 2 aromatic heterocycles. The molecular formula is C12H16N2. The predicted molar refractivity (Wildman–Crippen MR) is 58.7 cm³/mol. The lowest BCUT2D eigenvalue weighted by atomic mass is 10.2. The first-order valence-electron chi connectivity index (χ1n) is 5.18. The van der Waals surface area contributed by atoms with E-state index in [1.54, 1.807) is 0 Å². The van der Waals surface area contributed by atoms with E-state index >= 15 is 0 Å². The third-order valence-electron chi connectivity index (χ3n) is 2.54. The van der Waals surface area contributed by atoms with E-state index in [2.05, 4.69) is 48.5 Å². The van der Waals surface area contributed by atoms with E-state index in [1.807, 2.05) is 6.20 Å². The fourth-order valence-corrected chi connectivity index (χ4v) is 1.69. The van der Waals surface area contributed by atoms with Crippen LogP contribution in [0.25, 0.3) is 5.52 Å². The fourth-order valence-electron chi connectivity index (χ4n) is 1.69. The van der Waals surface area contributed by atoms with Crippen LogP contribution in [0.5, 0.6) is 0 Å². The van der Waals surface area contributed by atoms with Crippen molar-refractivity contribution in [1.82, 2.24) is 9.38 Å². The standard InChI is InChI=1S/C12H16N2/c1-4-10-5-6-11-7-13-12(9(2)3)14(11)8-10/h5-9H,4H2,1-3H3. The van der Waals surface area contributed by atoms with Gasteiger partial charge in [0.15, 0.2) is 0 Å². The van der Waals surface area contributed by atoms with Crippen LogP contribution in [0.15, 0.2) is 24.5 Å². The van der Waals surface area contributed by atoms with E-state index in [0.717, 1.165) is 12.2 Å². The molecule has 0 N–H and O–H groups in total. The van der Waals surface area contributed by atoms with Crippen molar-refractivity contribution in [2.75, 3.05) is 0 Å². The molecule has 0 bridgehead atoms. The van der Waals surface area contributed by atoms with Crippen LogP contribution in [0.3, 0.4) is 0 Å². The van der Waals surface area contributed by atoms with Crippen molar-refractivity contribution >= 4 is 5.52 Å². The number of hydrogen-bond acceptors (Lipinski definition) is 1. The Kier molecular flexibility index (Phi) is 2.28. The molecule has 0 aromatic carbocycles. The van der Waals surface area contributed by atoms with Crippen LogP contribution in [0.1, 0.15) is 38.1 Å². The zero-order valence-electron chi connectivity index (χ0n) is 8.99. The lowest BCUT2D eigenvalue weighted by Gasteiger charge is -2.05. The molecule has 0 saturated carbocycles. The van der Waals surface area contributed by atoms with Gasteiger partial charge in [-0.1, -0.05) is 26.8 Å². The van der Waals surface area contributed by atoms with E-state index in [9.17, 15) is 0 Å². The van der Waals surface area contributed by atoms with Gasteiger partial charge in [0.2, 0.25) is 0 Å². The highest BCUT2D eigenvalue weighted by atomic mass is 15.0. The number of rotatable bonds is 2. The average Bonchev–Trinajstić information content (AvgIpc) is 2.59. The van der Waals surface area contributed by atoms with Crippen molar-refractivity contribution in [2.24, 2.45) is 0 Å². The third kappa shape index (κ3) is 1.41. The molecule has 0 fully saturated rings. The number of fused-ring (bicyclic) bond motifs is 1. The lowest BCUT2D eigenvalue weighted by molar-refractivity contribution is 0.768. The summed E-state index contributed by atoms with van der Waals surface area (Å²) in [6, 6.07) is 4.30. The molecule has 0 saturated heterocycles. The molecule has 0 atom stereocenters. The molecule has 2 aromatic rings. The Morgan fingerprint density at radius 2 is 2.14 bits per heavy atom. The third-order valence-corrected chi connectivity index (χ3v) is 2.54. The maximum Gasteiger partial charge on any atom is 0.115 e. The van der Waals surface area contributed by atoms with Crippen molar-refractivity contribution in [3.05, 3.63) is 35.9 Å². The quantitative estimate of drug-likeness (QED) is 0.708. The molecule has 0 aliphatic heterocycles. The van der Waals surface area contributed by atoms with Crippen molar-refractivity contribution in [3.8, 4) is 0 Å².